The molecule has 4 nitrogen and oxygen atoms in total. The third kappa shape index (κ3) is 17.4. The van der Waals surface area contributed by atoms with Gasteiger partial charge in [0.2, 0.25) is 0 Å². The standard InChI is InChI=1S/C45H66O4/c1-4-6-8-10-12-13-14-15-16-17-18-19-21-22-36-47-38(3)39-24-26-42(27-25-39)45(46)49-44-34-30-41(31-35-44)40-28-32-43(33-29-40)48-37-23-20-11-9-7-5-2/h24-35,38H,4-23,36-37H2,1-3H3. The van der Waals surface area contributed by atoms with Crippen LogP contribution in [0.2, 0.25) is 0 Å². The first-order valence-electron chi connectivity index (χ1n) is 19.9. The number of carbonyl (C=O) groups is 1. The molecular formula is C45H66O4. The van der Waals surface area contributed by atoms with Crippen molar-refractivity contribution in [2.75, 3.05) is 13.2 Å². The highest BCUT2D eigenvalue weighted by molar-refractivity contribution is 5.91. The van der Waals surface area contributed by atoms with Crippen molar-refractivity contribution in [1.82, 2.24) is 0 Å². The van der Waals surface area contributed by atoms with E-state index in [-0.39, 0.29) is 12.1 Å². The van der Waals surface area contributed by atoms with Crippen molar-refractivity contribution in [2.45, 2.75) is 155 Å². The Labute approximate surface area is 299 Å². The summed E-state index contributed by atoms with van der Waals surface area (Å²) in [7, 11) is 0. The van der Waals surface area contributed by atoms with Gasteiger partial charge in [-0.15, -0.1) is 0 Å². The molecule has 0 amide bonds. The Morgan fingerprint density at radius 2 is 0.898 bits per heavy atom. The topological polar surface area (TPSA) is 44.8 Å². The van der Waals surface area contributed by atoms with Crippen molar-refractivity contribution in [3.8, 4) is 22.6 Å². The fourth-order valence-electron chi connectivity index (χ4n) is 6.24. The maximum atomic E-state index is 12.8. The van der Waals surface area contributed by atoms with Crippen LogP contribution in [0.15, 0.2) is 72.8 Å². The van der Waals surface area contributed by atoms with Crippen LogP contribution >= 0.6 is 0 Å². The molecule has 3 aromatic rings. The molecule has 0 radical (unpaired) electrons. The summed E-state index contributed by atoms with van der Waals surface area (Å²) in [5.74, 6) is 1.07. The predicted molar refractivity (Wildman–Crippen MR) is 207 cm³/mol. The van der Waals surface area contributed by atoms with Gasteiger partial charge in [-0.3, -0.25) is 0 Å². The molecule has 0 aliphatic rings. The van der Waals surface area contributed by atoms with E-state index in [1.54, 1.807) is 0 Å². The van der Waals surface area contributed by atoms with E-state index in [2.05, 4.69) is 32.9 Å². The molecule has 0 heterocycles. The van der Waals surface area contributed by atoms with Crippen LogP contribution in [0.5, 0.6) is 11.5 Å². The highest BCUT2D eigenvalue weighted by Crippen LogP contribution is 2.26. The van der Waals surface area contributed by atoms with Gasteiger partial charge in [-0.25, -0.2) is 4.79 Å². The third-order valence-corrected chi connectivity index (χ3v) is 9.50. The molecule has 0 aliphatic heterocycles. The lowest BCUT2D eigenvalue weighted by Gasteiger charge is -2.14. The zero-order valence-corrected chi connectivity index (χ0v) is 31.2. The second-order valence-corrected chi connectivity index (χ2v) is 13.8. The summed E-state index contributed by atoms with van der Waals surface area (Å²) in [6.07, 6.45) is 26.6. The van der Waals surface area contributed by atoms with Crippen molar-refractivity contribution in [2.24, 2.45) is 0 Å². The Balaban J connectivity index is 1.26. The van der Waals surface area contributed by atoms with Gasteiger partial charge in [0.05, 0.1) is 18.3 Å². The number of esters is 1. The maximum absolute atomic E-state index is 12.8. The maximum Gasteiger partial charge on any atom is 0.343 e. The van der Waals surface area contributed by atoms with Gasteiger partial charge in [-0.2, -0.15) is 0 Å². The van der Waals surface area contributed by atoms with Crippen LogP contribution in [-0.2, 0) is 4.74 Å². The minimum Gasteiger partial charge on any atom is -0.494 e. The molecule has 0 N–H and O–H groups in total. The Bertz CT molecular complexity index is 1230. The van der Waals surface area contributed by atoms with Gasteiger partial charge in [0.15, 0.2) is 0 Å². The van der Waals surface area contributed by atoms with Gasteiger partial charge in [-0.05, 0) is 72.9 Å². The molecule has 0 spiro atoms. The Hall–Kier alpha value is -3.11. The highest BCUT2D eigenvalue weighted by Gasteiger charge is 2.12. The number of carbonyl (C=O) groups excluding carboxylic acids is 1. The number of hydrogen-bond acceptors (Lipinski definition) is 4. The number of rotatable bonds is 28. The van der Waals surface area contributed by atoms with Gasteiger partial charge in [0.25, 0.3) is 0 Å². The molecule has 0 saturated heterocycles. The number of hydrogen-bond donors (Lipinski definition) is 0. The van der Waals surface area contributed by atoms with Crippen LogP contribution in [0.1, 0.15) is 171 Å². The van der Waals surface area contributed by atoms with E-state index in [1.165, 1.54) is 116 Å². The summed E-state index contributed by atoms with van der Waals surface area (Å²) < 4.78 is 17.7. The molecule has 3 rings (SSSR count). The molecule has 49 heavy (non-hydrogen) atoms. The normalized spacial score (nSPS) is 11.8. The summed E-state index contributed by atoms with van der Waals surface area (Å²) >= 11 is 0. The second kappa shape index (κ2) is 25.8. The lowest BCUT2D eigenvalue weighted by atomic mass is 10.0. The van der Waals surface area contributed by atoms with Crippen LogP contribution in [0, 0.1) is 0 Å². The van der Waals surface area contributed by atoms with Crippen LogP contribution < -0.4 is 9.47 Å². The van der Waals surface area contributed by atoms with E-state index >= 15 is 0 Å². The van der Waals surface area contributed by atoms with Crippen LogP contribution in [0.3, 0.4) is 0 Å². The molecule has 0 aliphatic carbocycles. The first-order chi connectivity index (χ1) is 24.1. The van der Waals surface area contributed by atoms with Gasteiger partial charge in [-0.1, -0.05) is 166 Å². The first-order valence-corrected chi connectivity index (χ1v) is 19.9. The lowest BCUT2D eigenvalue weighted by molar-refractivity contribution is 0.0626. The Morgan fingerprint density at radius 1 is 0.490 bits per heavy atom. The highest BCUT2D eigenvalue weighted by atomic mass is 16.5. The fraction of sp³-hybridized carbons (Fsp3) is 0.578. The molecule has 4 heteroatoms. The summed E-state index contributed by atoms with van der Waals surface area (Å²) in [6, 6.07) is 23.4. The minimum atomic E-state index is -0.359. The van der Waals surface area contributed by atoms with Crippen LogP contribution in [0.25, 0.3) is 11.1 Å². The average Bonchev–Trinajstić information content (AvgIpc) is 3.13. The van der Waals surface area contributed by atoms with Crippen LogP contribution in [-0.4, -0.2) is 19.2 Å². The van der Waals surface area contributed by atoms with Gasteiger partial charge < -0.3 is 14.2 Å². The van der Waals surface area contributed by atoms with Gasteiger partial charge >= 0.3 is 5.97 Å². The van der Waals surface area contributed by atoms with Crippen molar-refractivity contribution in [1.29, 1.82) is 0 Å². The molecular weight excluding hydrogens is 604 g/mol. The molecule has 1 atom stereocenters. The zero-order chi connectivity index (χ0) is 34.8. The molecule has 0 bridgehead atoms. The van der Waals surface area contributed by atoms with E-state index in [1.807, 2.05) is 60.7 Å². The molecule has 0 aromatic heterocycles. The Kier molecular flexibility index (Phi) is 21.2. The average molecular weight is 671 g/mol. The molecule has 0 saturated carbocycles. The minimum absolute atomic E-state index is 0.000496. The summed E-state index contributed by atoms with van der Waals surface area (Å²) in [4.78, 5) is 12.8. The van der Waals surface area contributed by atoms with Crippen molar-refractivity contribution in [3.05, 3.63) is 83.9 Å². The predicted octanol–water partition coefficient (Wildman–Crippen LogP) is 13.9. The van der Waals surface area contributed by atoms with E-state index < -0.39 is 0 Å². The van der Waals surface area contributed by atoms with Gasteiger partial charge in [0.1, 0.15) is 11.5 Å². The Morgan fingerprint density at radius 3 is 1.37 bits per heavy atom. The summed E-state index contributed by atoms with van der Waals surface area (Å²) in [5, 5.41) is 0. The van der Waals surface area contributed by atoms with Crippen LogP contribution in [0.4, 0.5) is 0 Å². The summed E-state index contributed by atoms with van der Waals surface area (Å²) in [6.45, 7) is 8.15. The third-order valence-electron chi connectivity index (χ3n) is 9.50. The van der Waals surface area contributed by atoms with E-state index in [0.717, 1.165) is 48.5 Å². The monoisotopic (exact) mass is 670 g/mol. The quantitative estimate of drug-likeness (QED) is 0.0438. The fourth-order valence-corrected chi connectivity index (χ4v) is 6.24. The van der Waals surface area contributed by atoms with Crippen molar-refractivity contribution < 1.29 is 19.0 Å². The largest absolute Gasteiger partial charge is 0.494 e. The van der Waals surface area contributed by atoms with E-state index in [9.17, 15) is 4.79 Å². The first kappa shape index (κ1) is 40.3. The summed E-state index contributed by atoms with van der Waals surface area (Å²) in [5.41, 5.74) is 3.77. The van der Waals surface area contributed by atoms with E-state index in [4.69, 9.17) is 14.2 Å². The van der Waals surface area contributed by atoms with Gasteiger partial charge in [0, 0.05) is 6.61 Å². The molecule has 270 valence electrons. The van der Waals surface area contributed by atoms with Crippen molar-refractivity contribution >= 4 is 5.97 Å². The number of ether oxygens (including phenoxy) is 3. The molecule has 3 aromatic carbocycles. The molecule has 0 fully saturated rings. The number of benzene rings is 3. The number of unbranched alkanes of at least 4 members (excludes halogenated alkanes) is 18. The smallest absolute Gasteiger partial charge is 0.343 e. The van der Waals surface area contributed by atoms with E-state index in [0.29, 0.717) is 11.3 Å². The molecule has 1 unspecified atom stereocenters. The zero-order valence-electron chi connectivity index (χ0n) is 31.2. The lowest BCUT2D eigenvalue weighted by Crippen LogP contribution is -2.09. The van der Waals surface area contributed by atoms with Crippen molar-refractivity contribution in [3.63, 3.8) is 0 Å². The second-order valence-electron chi connectivity index (χ2n) is 13.8. The SMILES string of the molecule is CCCCCCCCCCCCCCCCOC(C)c1ccc(C(=O)Oc2ccc(-c3ccc(OCCCCCCCC)cc3)cc2)cc1.